The number of carbonyl (C=O) groups excluding carboxylic acids is 1. The highest BCUT2D eigenvalue weighted by molar-refractivity contribution is 7.77. The molecule has 1 atom stereocenters. The maximum Gasteiger partial charge on any atom is 0.231 e. The first-order valence-electron chi connectivity index (χ1n) is 10.3. The SMILES string of the molecule is O=C(c1ccc2ncc(N3CCOCC3)nc2c1)c1cccc(CCCNS(=O)O)c1F. The van der Waals surface area contributed by atoms with Gasteiger partial charge in [0.25, 0.3) is 0 Å². The van der Waals surface area contributed by atoms with Gasteiger partial charge in [0.2, 0.25) is 11.3 Å². The van der Waals surface area contributed by atoms with Crippen LogP contribution in [0.4, 0.5) is 10.2 Å². The second-order valence-corrected chi connectivity index (χ2v) is 8.17. The van der Waals surface area contributed by atoms with Crippen molar-refractivity contribution in [3.05, 3.63) is 65.1 Å². The van der Waals surface area contributed by atoms with Gasteiger partial charge in [-0.15, -0.1) is 0 Å². The number of ketones is 1. The maximum atomic E-state index is 15.0. The van der Waals surface area contributed by atoms with Crippen LogP contribution in [-0.4, -0.2) is 57.4 Å². The van der Waals surface area contributed by atoms with E-state index in [2.05, 4.69) is 19.6 Å². The summed E-state index contributed by atoms with van der Waals surface area (Å²) in [5.74, 6) is -0.286. The third-order valence-corrected chi connectivity index (χ3v) is 5.75. The highest BCUT2D eigenvalue weighted by Gasteiger charge is 2.18. The molecular formula is C22H23FN4O4S. The Morgan fingerprint density at radius 2 is 2.03 bits per heavy atom. The second-order valence-electron chi connectivity index (χ2n) is 7.39. The lowest BCUT2D eigenvalue weighted by atomic mass is 9.98. The molecule has 32 heavy (non-hydrogen) atoms. The van der Waals surface area contributed by atoms with Crippen molar-refractivity contribution in [1.82, 2.24) is 14.7 Å². The molecule has 1 saturated heterocycles. The number of benzene rings is 2. The van der Waals surface area contributed by atoms with Crippen molar-refractivity contribution in [1.29, 1.82) is 0 Å². The second kappa shape index (κ2) is 10.2. The van der Waals surface area contributed by atoms with Crippen LogP contribution in [0.1, 0.15) is 27.9 Å². The van der Waals surface area contributed by atoms with Crippen LogP contribution in [0, 0.1) is 5.82 Å². The Balaban J connectivity index is 1.56. The molecule has 0 amide bonds. The molecule has 3 aromatic rings. The molecule has 2 N–H and O–H groups in total. The molecule has 8 nitrogen and oxygen atoms in total. The van der Waals surface area contributed by atoms with Gasteiger partial charge < -0.3 is 9.64 Å². The molecule has 0 bridgehead atoms. The van der Waals surface area contributed by atoms with Crippen LogP contribution in [0.25, 0.3) is 11.0 Å². The zero-order valence-corrected chi connectivity index (χ0v) is 18.1. The average Bonchev–Trinajstić information content (AvgIpc) is 2.82. The smallest absolute Gasteiger partial charge is 0.231 e. The third-order valence-electron chi connectivity index (χ3n) is 5.30. The van der Waals surface area contributed by atoms with Gasteiger partial charge in [0, 0.05) is 25.2 Å². The van der Waals surface area contributed by atoms with Crippen molar-refractivity contribution < 1.29 is 22.7 Å². The number of rotatable bonds is 8. The number of anilines is 1. The molecule has 2 aromatic carbocycles. The van der Waals surface area contributed by atoms with Gasteiger partial charge in [-0.2, -0.15) is 0 Å². The molecule has 0 radical (unpaired) electrons. The molecule has 1 fully saturated rings. The molecule has 0 saturated carbocycles. The lowest BCUT2D eigenvalue weighted by Crippen LogP contribution is -2.36. The van der Waals surface area contributed by atoms with Crippen LogP contribution in [0.3, 0.4) is 0 Å². The van der Waals surface area contributed by atoms with Crippen LogP contribution in [0.5, 0.6) is 0 Å². The van der Waals surface area contributed by atoms with Gasteiger partial charge >= 0.3 is 0 Å². The molecule has 168 valence electrons. The average molecular weight is 459 g/mol. The van der Waals surface area contributed by atoms with Gasteiger partial charge in [0.05, 0.1) is 36.0 Å². The number of hydrogen-bond acceptors (Lipinski definition) is 6. The van der Waals surface area contributed by atoms with Gasteiger partial charge in [-0.3, -0.25) is 14.3 Å². The van der Waals surface area contributed by atoms with E-state index in [9.17, 15) is 9.00 Å². The highest BCUT2D eigenvalue weighted by Crippen LogP contribution is 2.22. The summed E-state index contributed by atoms with van der Waals surface area (Å²) in [4.78, 5) is 24.2. The monoisotopic (exact) mass is 458 g/mol. The summed E-state index contributed by atoms with van der Waals surface area (Å²) in [6.45, 7) is 2.96. The van der Waals surface area contributed by atoms with Crippen LogP contribution in [0.2, 0.25) is 0 Å². The number of halogens is 1. The van der Waals surface area contributed by atoms with Gasteiger partial charge in [-0.05, 0) is 42.7 Å². The molecule has 10 heteroatoms. The molecular weight excluding hydrogens is 435 g/mol. The fourth-order valence-electron chi connectivity index (χ4n) is 3.63. The molecule has 1 aliphatic rings. The Bertz CT molecular complexity index is 1150. The lowest BCUT2D eigenvalue weighted by molar-refractivity contribution is 0.103. The molecule has 0 spiro atoms. The Hall–Kier alpha value is -2.79. The van der Waals surface area contributed by atoms with E-state index in [1.54, 1.807) is 36.5 Å². The highest BCUT2D eigenvalue weighted by atomic mass is 32.2. The summed E-state index contributed by atoms with van der Waals surface area (Å²) in [6, 6.07) is 9.69. The minimum atomic E-state index is -2.10. The van der Waals surface area contributed by atoms with Crippen LogP contribution >= 0.6 is 0 Å². The summed E-state index contributed by atoms with van der Waals surface area (Å²) in [6.07, 6.45) is 2.50. The van der Waals surface area contributed by atoms with Gasteiger partial charge in [-0.25, -0.2) is 18.3 Å². The van der Waals surface area contributed by atoms with E-state index in [-0.39, 0.29) is 12.1 Å². The number of aromatic nitrogens is 2. The van der Waals surface area contributed by atoms with E-state index in [1.165, 1.54) is 6.07 Å². The van der Waals surface area contributed by atoms with Crippen molar-refractivity contribution in [3.8, 4) is 0 Å². The van der Waals surface area contributed by atoms with E-state index < -0.39 is 22.9 Å². The number of nitrogens with zero attached hydrogens (tertiary/aromatic N) is 3. The lowest BCUT2D eigenvalue weighted by Gasteiger charge is -2.27. The summed E-state index contributed by atoms with van der Waals surface area (Å²) in [7, 11) is 0. The summed E-state index contributed by atoms with van der Waals surface area (Å²) < 4.78 is 42.1. The number of aryl methyl sites for hydroxylation is 1. The van der Waals surface area contributed by atoms with Crippen molar-refractivity contribution in [2.24, 2.45) is 0 Å². The number of ether oxygens (including phenoxy) is 1. The summed E-state index contributed by atoms with van der Waals surface area (Å²) in [5.41, 5.74) is 1.93. The van der Waals surface area contributed by atoms with Gasteiger partial charge in [0.15, 0.2) is 5.78 Å². The molecule has 1 aliphatic heterocycles. The van der Waals surface area contributed by atoms with Crippen molar-refractivity contribution in [2.45, 2.75) is 12.8 Å². The molecule has 4 rings (SSSR count). The molecule has 1 unspecified atom stereocenters. The number of fused-ring (bicyclic) bond motifs is 1. The van der Waals surface area contributed by atoms with Gasteiger partial charge in [0.1, 0.15) is 11.6 Å². The largest absolute Gasteiger partial charge is 0.378 e. The third kappa shape index (κ3) is 5.16. The van der Waals surface area contributed by atoms with Crippen LogP contribution in [0.15, 0.2) is 42.6 Å². The quantitative estimate of drug-likeness (QED) is 0.304. The Morgan fingerprint density at radius 3 is 2.81 bits per heavy atom. The van der Waals surface area contributed by atoms with E-state index in [0.29, 0.717) is 48.2 Å². The predicted molar refractivity (Wildman–Crippen MR) is 119 cm³/mol. The predicted octanol–water partition coefficient (Wildman–Crippen LogP) is 2.50. The van der Waals surface area contributed by atoms with E-state index >= 15 is 4.39 Å². The fraction of sp³-hybridized carbons (Fsp3) is 0.318. The minimum Gasteiger partial charge on any atom is -0.378 e. The van der Waals surface area contributed by atoms with E-state index in [1.807, 2.05) is 0 Å². The zero-order chi connectivity index (χ0) is 22.5. The Labute approximate surface area is 187 Å². The van der Waals surface area contributed by atoms with Crippen molar-refractivity contribution in [3.63, 3.8) is 0 Å². The van der Waals surface area contributed by atoms with E-state index in [0.717, 1.165) is 18.9 Å². The van der Waals surface area contributed by atoms with Crippen molar-refractivity contribution in [2.75, 3.05) is 37.7 Å². The Kier molecular flexibility index (Phi) is 7.15. The first-order chi connectivity index (χ1) is 15.5. The van der Waals surface area contributed by atoms with Crippen molar-refractivity contribution >= 4 is 33.9 Å². The Morgan fingerprint density at radius 1 is 1.22 bits per heavy atom. The maximum absolute atomic E-state index is 15.0. The number of hydrogen-bond donors (Lipinski definition) is 2. The number of morpholine rings is 1. The molecule has 1 aromatic heterocycles. The first-order valence-corrected chi connectivity index (χ1v) is 11.4. The van der Waals surface area contributed by atoms with Gasteiger partial charge in [-0.1, -0.05) is 12.1 Å². The molecule has 2 heterocycles. The number of nitrogens with one attached hydrogen (secondary N) is 1. The minimum absolute atomic E-state index is 0.0159. The molecule has 0 aliphatic carbocycles. The van der Waals surface area contributed by atoms with Crippen LogP contribution in [-0.2, 0) is 22.4 Å². The first kappa shape index (κ1) is 22.4. The fourth-order valence-corrected chi connectivity index (χ4v) is 3.95. The zero-order valence-electron chi connectivity index (χ0n) is 17.3. The normalized spacial score (nSPS) is 15.1. The van der Waals surface area contributed by atoms with E-state index in [4.69, 9.17) is 9.29 Å². The summed E-state index contributed by atoms with van der Waals surface area (Å²) in [5, 5.41) is 0. The number of carbonyl (C=O) groups is 1. The van der Waals surface area contributed by atoms with Crippen LogP contribution < -0.4 is 9.62 Å². The summed E-state index contributed by atoms with van der Waals surface area (Å²) >= 11 is -2.10. The topological polar surface area (TPSA) is 105 Å². The standard InChI is InChI=1S/C22H23FN4O4S/c23-21-15(4-2-8-25-32(29)30)3-1-5-17(21)22(28)16-6-7-18-19(13-16)26-20(14-24-18)27-9-11-31-12-10-27/h1,3,5-7,13-14,25H,2,4,8-12H2,(H,29,30).